The molecule has 27 heavy (non-hydrogen) atoms. The molecular weight excluding hydrogens is 363 g/mol. The van der Waals surface area contributed by atoms with Crippen molar-refractivity contribution in [3.8, 4) is 17.0 Å². The number of halogens is 1. The predicted molar refractivity (Wildman–Crippen MR) is 104 cm³/mol. The quantitative estimate of drug-likeness (QED) is 0.661. The Hall–Kier alpha value is -2.73. The molecule has 138 valence electrons. The van der Waals surface area contributed by atoms with Crippen LogP contribution >= 0.6 is 11.3 Å². The number of amides is 1. The van der Waals surface area contributed by atoms with Gasteiger partial charge in [-0.05, 0) is 46.2 Å². The molecule has 6 heteroatoms. The summed E-state index contributed by atoms with van der Waals surface area (Å²) in [7, 11) is 0. The number of hydrogen-bond donors (Lipinski definition) is 0. The van der Waals surface area contributed by atoms with E-state index in [2.05, 4.69) is 16.4 Å². The molecule has 1 aliphatic heterocycles. The summed E-state index contributed by atoms with van der Waals surface area (Å²) < 4.78 is 18.7. The first-order valence-electron chi connectivity index (χ1n) is 8.89. The van der Waals surface area contributed by atoms with Gasteiger partial charge in [-0.2, -0.15) is 11.3 Å². The zero-order valence-corrected chi connectivity index (χ0v) is 15.5. The van der Waals surface area contributed by atoms with E-state index >= 15 is 0 Å². The second-order valence-corrected chi connectivity index (χ2v) is 7.29. The lowest BCUT2D eigenvalue weighted by atomic mass is 10.0. The fourth-order valence-corrected chi connectivity index (χ4v) is 3.86. The molecule has 0 radical (unpaired) electrons. The minimum Gasteiger partial charge on any atom is -0.474 e. The lowest BCUT2D eigenvalue weighted by molar-refractivity contribution is 0.0587. The zero-order chi connectivity index (χ0) is 18.6. The maximum atomic E-state index is 12.9. The van der Waals surface area contributed by atoms with Gasteiger partial charge < -0.3 is 9.64 Å². The van der Waals surface area contributed by atoms with Crippen molar-refractivity contribution < 1.29 is 13.9 Å². The van der Waals surface area contributed by atoms with Gasteiger partial charge in [0.2, 0.25) is 5.88 Å². The fourth-order valence-electron chi connectivity index (χ4n) is 3.20. The molecule has 1 amide bonds. The van der Waals surface area contributed by atoms with E-state index in [1.54, 1.807) is 11.3 Å². The largest absolute Gasteiger partial charge is 0.474 e. The molecule has 0 saturated carbocycles. The molecule has 0 aliphatic carbocycles. The molecule has 4 rings (SSSR count). The number of likely N-dealkylation sites (tertiary alicyclic amines) is 1. The summed E-state index contributed by atoms with van der Waals surface area (Å²) in [5, 5.41) is 4.14. The number of hydrogen-bond acceptors (Lipinski definition) is 4. The van der Waals surface area contributed by atoms with E-state index in [9.17, 15) is 9.18 Å². The second kappa shape index (κ2) is 7.88. The van der Waals surface area contributed by atoms with Crippen LogP contribution in [0.15, 0.2) is 59.4 Å². The average molecular weight is 382 g/mol. The molecule has 1 fully saturated rings. The molecule has 3 heterocycles. The number of pyridine rings is 1. The highest BCUT2D eigenvalue weighted by Crippen LogP contribution is 2.24. The third-order valence-corrected chi connectivity index (χ3v) is 5.39. The topological polar surface area (TPSA) is 42.4 Å². The van der Waals surface area contributed by atoms with Gasteiger partial charge in [-0.3, -0.25) is 4.79 Å². The van der Waals surface area contributed by atoms with Crippen molar-refractivity contribution in [1.82, 2.24) is 9.88 Å². The summed E-state index contributed by atoms with van der Waals surface area (Å²) in [5.41, 5.74) is 2.99. The van der Waals surface area contributed by atoms with Gasteiger partial charge in [0.25, 0.3) is 5.91 Å². The standard InChI is InChI=1S/C21H19FN2O2S/c22-18-5-6-20(23-13-18)26-19-7-10-24(11-8-19)21(25)16-3-1-15(2-4-16)17-9-12-27-14-17/h1-6,9,12-14,19H,7-8,10-11H2. The summed E-state index contributed by atoms with van der Waals surface area (Å²) in [6.45, 7) is 1.27. The molecule has 3 aromatic rings. The third-order valence-electron chi connectivity index (χ3n) is 4.70. The summed E-state index contributed by atoms with van der Waals surface area (Å²) in [6, 6.07) is 12.7. The maximum Gasteiger partial charge on any atom is 0.253 e. The molecule has 2 aromatic heterocycles. The smallest absolute Gasteiger partial charge is 0.253 e. The van der Waals surface area contributed by atoms with Gasteiger partial charge in [0, 0.05) is 37.6 Å². The first-order valence-corrected chi connectivity index (χ1v) is 9.83. The highest BCUT2D eigenvalue weighted by Gasteiger charge is 2.25. The number of carbonyl (C=O) groups is 1. The Kier molecular flexibility index (Phi) is 5.16. The average Bonchev–Trinajstić information content (AvgIpc) is 3.25. The predicted octanol–water partition coefficient (Wildman–Crippen LogP) is 4.63. The van der Waals surface area contributed by atoms with Crippen molar-refractivity contribution in [2.75, 3.05) is 13.1 Å². The second-order valence-electron chi connectivity index (χ2n) is 6.51. The van der Waals surface area contributed by atoms with Crippen molar-refractivity contribution in [2.45, 2.75) is 18.9 Å². The van der Waals surface area contributed by atoms with Gasteiger partial charge in [0.1, 0.15) is 11.9 Å². The number of ether oxygens (including phenoxy) is 1. The van der Waals surface area contributed by atoms with E-state index in [1.807, 2.05) is 34.5 Å². The van der Waals surface area contributed by atoms with E-state index in [0.717, 1.165) is 24.6 Å². The molecule has 4 nitrogen and oxygen atoms in total. The molecule has 1 aliphatic rings. The van der Waals surface area contributed by atoms with Crippen LogP contribution in [0.4, 0.5) is 4.39 Å². The summed E-state index contributed by atoms with van der Waals surface area (Å²) in [4.78, 5) is 18.5. The van der Waals surface area contributed by atoms with Gasteiger partial charge in [0.05, 0.1) is 6.20 Å². The number of piperidine rings is 1. The maximum absolute atomic E-state index is 12.9. The number of nitrogens with zero attached hydrogens (tertiary/aromatic N) is 2. The van der Waals surface area contributed by atoms with E-state index in [-0.39, 0.29) is 17.8 Å². The van der Waals surface area contributed by atoms with Gasteiger partial charge in [-0.25, -0.2) is 9.37 Å². The van der Waals surface area contributed by atoms with Crippen LogP contribution in [0, 0.1) is 5.82 Å². The van der Waals surface area contributed by atoms with Gasteiger partial charge in [-0.1, -0.05) is 12.1 Å². The fraction of sp³-hybridized carbons (Fsp3) is 0.238. The van der Waals surface area contributed by atoms with Crippen LogP contribution in [0.2, 0.25) is 0 Å². The van der Waals surface area contributed by atoms with E-state index in [1.165, 1.54) is 17.7 Å². The normalized spacial score (nSPS) is 14.9. The van der Waals surface area contributed by atoms with E-state index in [0.29, 0.717) is 24.5 Å². The Morgan fingerprint density at radius 2 is 1.85 bits per heavy atom. The molecule has 1 saturated heterocycles. The Bertz CT molecular complexity index is 887. The first-order chi connectivity index (χ1) is 13.2. The number of aromatic nitrogens is 1. The van der Waals surface area contributed by atoms with Gasteiger partial charge >= 0.3 is 0 Å². The van der Waals surface area contributed by atoms with Crippen molar-refractivity contribution in [3.63, 3.8) is 0 Å². The third kappa shape index (κ3) is 4.17. The monoisotopic (exact) mass is 382 g/mol. The minimum absolute atomic E-state index is 0.00650. The summed E-state index contributed by atoms with van der Waals surface area (Å²) >= 11 is 1.66. The molecule has 0 N–H and O–H groups in total. The van der Waals surface area contributed by atoms with Crippen LogP contribution < -0.4 is 4.74 Å². The van der Waals surface area contributed by atoms with Crippen LogP contribution in [0.5, 0.6) is 5.88 Å². The zero-order valence-electron chi connectivity index (χ0n) is 14.7. The summed E-state index contributed by atoms with van der Waals surface area (Å²) in [6.07, 6.45) is 2.61. The van der Waals surface area contributed by atoms with E-state index in [4.69, 9.17) is 4.74 Å². The van der Waals surface area contributed by atoms with E-state index < -0.39 is 0 Å². The number of rotatable bonds is 4. The Morgan fingerprint density at radius 3 is 2.48 bits per heavy atom. The number of carbonyl (C=O) groups excluding carboxylic acids is 1. The van der Waals surface area contributed by atoms with Crippen molar-refractivity contribution in [2.24, 2.45) is 0 Å². The highest BCUT2D eigenvalue weighted by atomic mass is 32.1. The lowest BCUT2D eigenvalue weighted by Crippen LogP contribution is -2.41. The molecule has 1 aromatic carbocycles. The lowest BCUT2D eigenvalue weighted by Gasteiger charge is -2.32. The first kappa shape index (κ1) is 17.7. The number of benzene rings is 1. The Morgan fingerprint density at radius 1 is 1.07 bits per heavy atom. The Labute approximate surface area is 161 Å². The molecule has 0 atom stereocenters. The van der Waals surface area contributed by atoms with Crippen LogP contribution in [-0.2, 0) is 0 Å². The Balaban J connectivity index is 1.33. The number of thiophene rings is 1. The van der Waals surface area contributed by atoms with Crippen molar-refractivity contribution in [1.29, 1.82) is 0 Å². The van der Waals surface area contributed by atoms with Crippen molar-refractivity contribution >= 4 is 17.2 Å². The molecule has 0 unspecified atom stereocenters. The van der Waals surface area contributed by atoms with Gasteiger partial charge in [0.15, 0.2) is 0 Å². The van der Waals surface area contributed by atoms with Crippen LogP contribution in [0.3, 0.4) is 0 Å². The van der Waals surface area contributed by atoms with Crippen LogP contribution in [0.1, 0.15) is 23.2 Å². The molecular formula is C21H19FN2O2S. The van der Waals surface area contributed by atoms with Crippen LogP contribution in [0.25, 0.3) is 11.1 Å². The van der Waals surface area contributed by atoms with Gasteiger partial charge in [-0.15, -0.1) is 0 Å². The molecule has 0 bridgehead atoms. The van der Waals surface area contributed by atoms with Crippen molar-refractivity contribution in [3.05, 3.63) is 70.8 Å². The van der Waals surface area contributed by atoms with Crippen LogP contribution in [-0.4, -0.2) is 35.0 Å². The SMILES string of the molecule is O=C(c1ccc(-c2ccsc2)cc1)N1CCC(Oc2ccc(F)cn2)CC1. The summed E-state index contributed by atoms with van der Waals surface area (Å²) in [5.74, 6) is 0.0863. The molecule has 0 spiro atoms. The highest BCUT2D eigenvalue weighted by molar-refractivity contribution is 7.08. The minimum atomic E-state index is -0.382.